The summed E-state index contributed by atoms with van der Waals surface area (Å²) in [4.78, 5) is 12.6. The predicted molar refractivity (Wildman–Crippen MR) is 127 cm³/mol. The molecule has 5 heteroatoms. The molecule has 1 amide bonds. The van der Waals surface area contributed by atoms with Gasteiger partial charge in [-0.05, 0) is 55.2 Å². The highest BCUT2D eigenvalue weighted by atomic mass is 16.3. The van der Waals surface area contributed by atoms with Crippen LogP contribution in [-0.2, 0) is 6.42 Å². The van der Waals surface area contributed by atoms with Crippen molar-refractivity contribution in [1.29, 1.82) is 0 Å². The average molecular weight is 412 g/mol. The number of unbranched alkanes of at least 4 members (excludes halogenated alkanes) is 4. The quantitative estimate of drug-likeness (QED) is 0.307. The predicted octanol–water partition coefficient (Wildman–Crippen LogP) is 5.57. The molecule has 2 aromatic rings. The number of amides is 1. The van der Waals surface area contributed by atoms with Crippen molar-refractivity contribution in [1.82, 2.24) is 5.32 Å². The van der Waals surface area contributed by atoms with Crippen LogP contribution in [-0.4, -0.2) is 30.6 Å². The maximum absolute atomic E-state index is 12.6. The van der Waals surface area contributed by atoms with Crippen LogP contribution in [0, 0.1) is 0 Å². The lowest BCUT2D eigenvalue weighted by atomic mass is 10.1. The first-order valence-corrected chi connectivity index (χ1v) is 11.3. The van der Waals surface area contributed by atoms with Crippen molar-refractivity contribution in [2.75, 3.05) is 30.3 Å². The minimum atomic E-state index is -0.0667. The summed E-state index contributed by atoms with van der Waals surface area (Å²) in [6.45, 7) is 6.80. The van der Waals surface area contributed by atoms with Crippen LogP contribution in [0.25, 0.3) is 0 Å². The van der Waals surface area contributed by atoms with Gasteiger partial charge in [-0.15, -0.1) is 0 Å². The molecule has 0 radical (unpaired) electrons. The van der Waals surface area contributed by atoms with Crippen LogP contribution in [0.2, 0.25) is 0 Å². The second kappa shape index (κ2) is 13.5. The number of anilines is 2. The van der Waals surface area contributed by atoms with E-state index in [9.17, 15) is 9.90 Å². The Morgan fingerprint density at radius 2 is 1.43 bits per heavy atom. The fourth-order valence-electron chi connectivity index (χ4n) is 3.27. The number of nitrogens with one attached hydrogen (secondary N) is 3. The van der Waals surface area contributed by atoms with Crippen molar-refractivity contribution >= 4 is 17.3 Å². The van der Waals surface area contributed by atoms with E-state index in [-0.39, 0.29) is 11.7 Å². The third-order valence-corrected chi connectivity index (χ3v) is 5.11. The van der Waals surface area contributed by atoms with Crippen LogP contribution in [0.1, 0.15) is 68.3 Å². The zero-order chi connectivity index (χ0) is 21.6. The van der Waals surface area contributed by atoms with Gasteiger partial charge in [0.15, 0.2) is 0 Å². The van der Waals surface area contributed by atoms with E-state index in [2.05, 4.69) is 29.8 Å². The third-order valence-electron chi connectivity index (χ3n) is 5.11. The molecule has 30 heavy (non-hydrogen) atoms. The van der Waals surface area contributed by atoms with Crippen LogP contribution in [0.3, 0.4) is 0 Å². The topological polar surface area (TPSA) is 73.4 Å². The van der Waals surface area contributed by atoms with E-state index < -0.39 is 0 Å². The van der Waals surface area contributed by atoms with E-state index in [0.29, 0.717) is 12.1 Å². The molecule has 0 aliphatic rings. The Kier molecular flexibility index (Phi) is 10.6. The van der Waals surface area contributed by atoms with Gasteiger partial charge in [0.25, 0.3) is 5.91 Å². The van der Waals surface area contributed by atoms with Gasteiger partial charge in [-0.2, -0.15) is 0 Å². The minimum absolute atomic E-state index is 0.0667. The van der Waals surface area contributed by atoms with Gasteiger partial charge in [0.05, 0.1) is 11.4 Å². The Bertz CT molecular complexity index is 759. The van der Waals surface area contributed by atoms with Crippen molar-refractivity contribution in [2.24, 2.45) is 0 Å². The van der Waals surface area contributed by atoms with E-state index in [1.165, 1.54) is 25.7 Å². The molecule has 0 fully saturated rings. The SMILES string of the molecule is CCCCCNc1ccc(C(=O)NCCc2ccc(O)cc2)cc1NCCCCC. The van der Waals surface area contributed by atoms with Gasteiger partial charge in [0.2, 0.25) is 0 Å². The zero-order valence-corrected chi connectivity index (χ0v) is 18.5. The molecular formula is C25H37N3O2. The Hall–Kier alpha value is -2.69. The highest BCUT2D eigenvalue weighted by Gasteiger charge is 2.10. The fraction of sp³-hybridized carbons (Fsp3) is 0.480. The summed E-state index contributed by atoms with van der Waals surface area (Å²) in [5, 5.41) is 19.4. The molecular weight excluding hydrogens is 374 g/mol. The fourth-order valence-corrected chi connectivity index (χ4v) is 3.27. The lowest BCUT2D eigenvalue weighted by molar-refractivity contribution is 0.0954. The Morgan fingerprint density at radius 1 is 0.800 bits per heavy atom. The summed E-state index contributed by atoms with van der Waals surface area (Å²) >= 11 is 0. The molecule has 0 heterocycles. The standard InChI is InChI=1S/C25H37N3O2/c1-3-5-7-16-26-23-14-11-21(19-24(23)27-17-8-6-4-2)25(30)28-18-15-20-9-12-22(29)13-10-20/h9-14,19,26-27,29H,3-8,15-18H2,1-2H3,(H,28,30). The van der Waals surface area contributed by atoms with E-state index in [1.54, 1.807) is 12.1 Å². The molecule has 5 nitrogen and oxygen atoms in total. The highest BCUT2D eigenvalue weighted by Crippen LogP contribution is 2.24. The molecule has 4 N–H and O–H groups in total. The van der Waals surface area contributed by atoms with Crippen LogP contribution in [0.5, 0.6) is 5.75 Å². The second-order valence-electron chi connectivity index (χ2n) is 7.70. The third kappa shape index (κ3) is 8.36. The van der Waals surface area contributed by atoms with Crippen LogP contribution < -0.4 is 16.0 Å². The summed E-state index contributed by atoms with van der Waals surface area (Å²) in [5.41, 5.74) is 3.80. The molecule has 2 rings (SSSR count). The number of hydrogen-bond acceptors (Lipinski definition) is 4. The number of carbonyl (C=O) groups is 1. The first kappa shape index (κ1) is 23.6. The Morgan fingerprint density at radius 3 is 2.07 bits per heavy atom. The van der Waals surface area contributed by atoms with E-state index >= 15 is 0 Å². The van der Waals surface area contributed by atoms with Crippen molar-refractivity contribution in [3.8, 4) is 5.75 Å². The normalized spacial score (nSPS) is 10.6. The Balaban J connectivity index is 1.95. The summed E-state index contributed by atoms with van der Waals surface area (Å²) in [5.74, 6) is 0.188. The molecule has 0 unspecified atom stereocenters. The molecule has 0 atom stereocenters. The molecule has 0 aliphatic carbocycles. The molecule has 0 spiro atoms. The summed E-state index contributed by atoms with van der Waals surface area (Å²) in [7, 11) is 0. The maximum Gasteiger partial charge on any atom is 0.251 e. The number of rotatable bonds is 14. The second-order valence-corrected chi connectivity index (χ2v) is 7.70. The number of phenols is 1. The average Bonchev–Trinajstić information content (AvgIpc) is 2.76. The number of hydrogen-bond donors (Lipinski definition) is 4. The minimum Gasteiger partial charge on any atom is -0.508 e. The number of carbonyl (C=O) groups excluding carboxylic acids is 1. The van der Waals surface area contributed by atoms with Crippen LogP contribution in [0.15, 0.2) is 42.5 Å². The molecule has 0 aliphatic heterocycles. The van der Waals surface area contributed by atoms with E-state index in [0.717, 1.165) is 49.3 Å². The monoisotopic (exact) mass is 411 g/mol. The molecule has 0 saturated carbocycles. The number of phenolic OH excluding ortho intramolecular Hbond substituents is 1. The van der Waals surface area contributed by atoms with Gasteiger partial charge in [-0.1, -0.05) is 51.7 Å². The van der Waals surface area contributed by atoms with Crippen LogP contribution in [0.4, 0.5) is 11.4 Å². The van der Waals surface area contributed by atoms with Crippen molar-refractivity contribution < 1.29 is 9.90 Å². The van der Waals surface area contributed by atoms with E-state index in [4.69, 9.17) is 0 Å². The first-order valence-electron chi connectivity index (χ1n) is 11.3. The van der Waals surface area contributed by atoms with E-state index in [1.807, 2.05) is 30.3 Å². The van der Waals surface area contributed by atoms with Crippen molar-refractivity contribution in [3.05, 3.63) is 53.6 Å². The molecule has 2 aromatic carbocycles. The maximum atomic E-state index is 12.6. The number of benzene rings is 2. The molecule has 0 aromatic heterocycles. The van der Waals surface area contributed by atoms with Gasteiger partial charge >= 0.3 is 0 Å². The summed E-state index contributed by atoms with van der Waals surface area (Å²) in [6.07, 6.45) is 7.79. The zero-order valence-electron chi connectivity index (χ0n) is 18.5. The Labute approximate surface area is 181 Å². The van der Waals surface area contributed by atoms with Gasteiger partial charge in [-0.3, -0.25) is 4.79 Å². The highest BCUT2D eigenvalue weighted by molar-refractivity contribution is 5.96. The molecule has 0 bridgehead atoms. The number of aromatic hydroxyl groups is 1. The van der Waals surface area contributed by atoms with Crippen molar-refractivity contribution in [3.63, 3.8) is 0 Å². The molecule has 0 saturated heterocycles. The largest absolute Gasteiger partial charge is 0.508 e. The lowest BCUT2D eigenvalue weighted by Crippen LogP contribution is -2.25. The van der Waals surface area contributed by atoms with Crippen molar-refractivity contribution in [2.45, 2.75) is 58.8 Å². The summed E-state index contributed by atoms with van der Waals surface area (Å²) in [6, 6.07) is 12.9. The van der Waals surface area contributed by atoms with Gasteiger partial charge in [0, 0.05) is 25.2 Å². The van der Waals surface area contributed by atoms with Gasteiger partial charge in [-0.25, -0.2) is 0 Å². The first-order chi connectivity index (χ1) is 14.6. The lowest BCUT2D eigenvalue weighted by Gasteiger charge is -2.16. The molecule has 164 valence electrons. The van der Waals surface area contributed by atoms with Crippen LogP contribution >= 0.6 is 0 Å². The van der Waals surface area contributed by atoms with Gasteiger partial charge < -0.3 is 21.1 Å². The smallest absolute Gasteiger partial charge is 0.251 e. The van der Waals surface area contributed by atoms with Gasteiger partial charge in [0.1, 0.15) is 5.75 Å². The summed E-state index contributed by atoms with van der Waals surface area (Å²) < 4.78 is 0.